The molecule has 2 aromatic heterocycles. The molecule has 194 valence electrons. The number of hydrogen-bond donors (Lipinski definition) is 1. The van der Waals surface area contributed by atoms with E-state index in [0.29, 0.717) is 34.4 Å². The molecule has 5 aromatic rings. The minimum absolute atomic E-state index is 0.218. The molecule has 1 aliphatic rings. The van der Waals surface area contributed by atoms with Gasteiger partial charge in [-0.15, -0.1) is 0 Å². The van der Waals surface area contributed by atoms with E-state index in [9.17, 15) is 12.8 Å². The number of H-pyrrole nitrogens is 1. The standard InChI is InChI=1S/C28H24FN3O5S/c1-17-22-15-23-25(16-24(22)32(13-14-35-17)38(2,33)34)37-27(26(23)28-30-11-12-31-28)18-3-7-20(8-4-18)36-21-9-5-19(29)6-10-21/h3-12,15-17H,13-14H2,1-2H3,(H,30,31). The molecule has 8 nitrogen and oxygen atoms in total. The zero-order chi connectivity index (χ0) is 26.4. The third-order valence-electron chi connectivity index (χ3n) is 6.51. The van der Waals surface area contributed by atoms with Crippen LogP contribution in [-0.4, -0.2) is 37.8 Å². The van der Waals surface area contributed by atoms with Crippen LogP contribution in [0.4, 0.5) is 10.1 Å². The Balaban J connectivity index is 1.48. The second-order valence-electron chi connectivity index (χ2n) is 9.08. The highest BCUT2D eigenvalue weighted by Gasteiger charge is 2.29. The van der Waals surface area contributed by atoms with Gasteiger partial charge < -0.3 is 18.9 Å². The molecule has 6 rings (SSSR count). The highest BCUT2D eigenvalue weighted by Crippen LogP contribution is 2.44. The van der Waals surface area contributed by atoms with Crippen molar-refractivity contribution in [3.8, 4) is 34.2 Å². The lowest BCUT2D eigenvalue weighted by Gasteiger charge is -2.22. The number of nitrogens with zero attached hydrogens (tertiary/aromatic N) is 2. The van der Waals surface area contributed by atoms with E-state index in [1.54, 1.807) is 42.7 Å². The van der Waals surface area contributed by atoms with Crippen LogP contribution in [0.3, 0.4) is 0 Å². The molecule has 1 N–H and O–H groups in total. The molecule has 0 saturated carbocycles. The second kappa shape index (κ2) is 9.30. The van der Waals surface area contributed by atoms with E-state index >= 15 is 0 Å². The number of fused-ring (bicyclic) bond motifs is 2. The van der Waals surface area contributed by atoms with Crippen LogP contribution >= 0.6 is 0 Å². The third-order valence-corrected chi connectivity index (χ3v) is 7.69. The molecule has 1 aliphatic heterocycles. The maximum absolute atomic E-state index is 13.2. The molecule has 0 saturated heterocycles. The number of nitrogens with one attached hydrogen (secondary N) is 1. The third kappa shape index (κ3) is 4.42. The lowest BCUT2D eigenvalue weighted by Crippen LogP contribution is -2.32. The van der Waals surface area contributed by atoms with Crippen LogP contribution in [0.15, 0.2) is 77.5 Å². The van der Waals surface area contributed by atoms with Crippen molar-refractivity contribution in [2.75, 3.05) is 23.7 Å². The number of furan rings is 1. The first-order chi connectivity index (χ1) is 18.3. The summed E-state index contributed by atoms with van der Waals surface area (Å²) in [5.74, 6) is 1.96. The Morgan fingerprint density at radius 3 is 2.45 bits per heavy atom. The van der Waals surface area contributed by atoms with Gasteiger partial charge in [-0.05, 0) is 61.5 Å². The fourth-order valence-electron chi connectivity index (χ4n) is 4.71. The van der Waals surface area contributed by atoms with Crippen molar-refractivity contribution in [3.05, 3.63) is 84.4 Å². The summed E-state index contributed by atoms with van der Waals surface area (Å²) in [7, 11) is -3.53. The van der Waals surface area contributed by atoms with Gasteiger partial charge in [0, 0.05) is 35.0 Å². The molecular weight excluding hydrogens is 509 g/mol. The van der Waals surface area contributed by atoms with Crippen LogP contribution in [0, 0.1) is 5.82 Å². The SMILES string of the molecule is CC1OCCN(S(C)(=O)=O)c2cc3oc(-c4ccc(Oc5ccc(F)cc5)cc4)c(-c4ncc[nH]4)c3cc21. The van der Waals surface area contributed by atoms with Gasteiger partial charge >= 0.3 is 0 Å². The summed E-state index contributed by atoms with van der Waals surface area (Å²) < 4.78 is 57.9. The number of benzene rings is 3. The maximum Gasteiger partial charge on any atom is 0.232 e. The molecule has 0 radical (unpaired) electrons. The average Bonchev–Trinajstić information content (AvgIpc) is 3.50. The van der Waals surface area contributed by atoms with E-state index in [4.69, 9.17) is 13.9 Å². The molecule has 3 heterocycles. The van der Waals surface area contributed by atoms with Gasteiger partial charge in [0.15, 0.2) is 0 Å². The van der Waals surface area contributed by atoms with Crippen molar-refractivity contribution in [3.63, 3.8) is 0 Å². The summed E-state index contributed by atoms with van der Waals surface area (Å²) in [5, 5.41) is 0.783. The lowest BCUT2D eigenvalue weighted by molar-refractivity contribution is 0.0769. The number of aromatic nitrogens is 2. The highest BCUT2D eigenvalue weighted by atomic mass is 32.2. The molecule has 0 spiro atoms. The number of sulfonamides is 1. The van der Waals surface area contributed by atoms with E-state index in [2.05, 4.69) is 9.97 Å². The second-order valence-corrected chi connectivity index (χ2v) is 11.0. The normalized spacial score (nSPS) is 15.9. The molecule has 10 heteroatoms. The lowest BCUT2D eigenvalue weighted by atomic mass is 10.0. The molecular formula is C28H24FN3O5S. The predicted octanol–water partition coefficient (Wildman–Crippen LogP) is 6.28. The fourth-order valence-corrected chi connectivity index (χ4v) is 5.63. The molecule has 3 aromatic carbocycles. The predicted molar refractivity (Wildman–Crippen MR) is 142 cm³/mol. The molecule has 1 unspecified atom stereocenters. The van der Waals surface area contributed by atoms with Gasteiger partial charge in [-0.2, -0.15) is 0 Å². The highest BCUT2D eigenvalue weighted by molar-refractivity contribution is 7.92. The zero-order valence-corrected chi connectivity index (χ0v) is 21.5. The van der Waals surface area contributed by atoms with E-state index in [0.717, 1.165) is 22.1 Å². The topological polar surface area (TPSA) is 97.7 Å². The molecule has 0 fully saturated rings. The van der Waals surface area contributed by atoms with Gasteiger partial charge in [0.25, 0.3) is 0 Å². The van der Waals surface area contributed by atoms with Crippen molar-refractivity contribution in [2.45, 2.75) is 13.0 Å². The smallest absolute Gasteiger partial charge is 0.232 e. The number of rotatable bonds is 5. The van der Waals surface area contributed by atoms with Crippen molar-refractivity contribution < 1.29 is 26.7 Å². The Kier molecular flexibility index (Phi) is 5.93. The quantitative estimate of drug-likeness (QED) is 0.286. The first kappa shape index (κ1) is 24.2. The number of imidazole rings is 1. The minimum atomic E-state index is -3.53. The summed E-state index contributed by atoms with van der Waals surface area (Å²) in [6, 6.07) is 16.8. The minimum Gasteiger partial charge on any atom is -0.457 e. The largest absolute Gasteiger partial charge is 0.457 e. The number of aromatic amines is 1. The Labute approximate surface area is 218 Å². The average molecular weight is 534 g/mol. The first-order valence-corrected chi connectivity index (χ1v) is 13.9. The van der Waals surface area contributed by atoms with E-state index in [1.807, 2.05) is 25.1 Å². The monoisotopic (exact) mass is 533 g/mol. The Hall–Kier alpha value is -4.15. The summed E-state index contributed by atoms with van der Waals surface area (Å²) >= 11 is 0. The van der Waals surface area contributed by atoms with Crippen LogP contribution in [0.1, 0.15) is 18.6 Å². The number of halogens is 1. The van der Waals surface area contributed by atoms with Gasteiger partial charge in [-0.1, -0.05) is 0 Å². The van der Waals surface area contributed by atoms with Gasteiger partial charge in [-0.25, -0.2) is 17.8 Å². The molecule has 0 amide bonds. The molecule has 1 atom stereocenters. The van der Waals surface area contributed by atoms with Crippen molar-refractivity contribution in [1.29, 1.82) is 0 Å². The van der Waals surface area contributed by atoms with E-state index in [-0.39, 0.29) is 25.1 Å². The summed E-state index contributed by atoms with van der Waals surface area (Å²) in [6.07, 6.45) is 4.27. The maximum atomic E-state index is 13.2. The van der Waals surface area contributed by atoms with Crippen molar-refractivity contribution >= 4 is 26.7 Å². The Morgan fingerprint density at radius 2 is 1.79 bits per heavy atom. The van der Waals surface area contributed by atoms with E-state index < -0.39 is 10.0 Å². The molecule has 0 aliphatic carbocycles. The van der Waals surface area contributed by atoms with Gasteiger partial charge in [-0.3, -0.25) is 4.31 Å². The van der Waals surface area contributed by atoms with Crippen LogP contribution in [-0.2, 0) is 14.8 Å². The van der Waals surface area contributed by atoms with Crippen LogP contribution in [0.2, 0.25) is 0 Å². The fraction of sp³-hybridized carbons (Fsp3) is 0.179. The van der Waals surface area contributed by atoms with Crippen LogP contribution in [0.25, 0.3) is 33.7 Å². The number of hydrogen-bond acceptors (Lipinski definition) is 6. The van der Waals surface area contributed by atoms with Crippen molar-refractivity contribution in [1.82, 2.24) is 9.97 Å². The van der Waals surface area contributed by atoms with Crippen molar-refractivity contribution in [2.24, 2.45) is 0 Å². The van der Waals surface area contributed by atoms with Crippen LogP contribution < -0.4 is 9.04 Å². The van der Waals surface area contributed by atoms with E-state index in [1.165, 1.54) is 22.7 Å². The molecule has 0 bridgehead atoms. The molecule has 38 heavy (non-hydrogen) atoms. The summed E-state index contributed by atoms with van der Waals surface area (Å²) in [5.41, 5.74) is 3.35. The summed E-state index contributed by atoms with van der Waals surface area (Å²) in [4.78, 5) is 7.63. The van der Waals surface area contributed by atoms with Gasteiger partial charge in [0.05, 0.1) is 36.8 Å². The van der Waals surface area contributed by atoms with Gasteiger partial charge in [0.1, 0.15) is 34.5 Å². The van der Waals surface area contributed by atoms with Crippen LogP contribution in [0.5, 0.6) is 11.5 Å². The Morgan fingerprint density at radius 1 is 1.08 bits per heavy atom. The number of anilines is 1. The zero-order valence-electron chi connectivity index (χ0n) is 20.6. The first-order valence-electron chi connectivity index (χ1n) is 12.0. The number of ether oxygens (including phenoxy) is 2. The Bertz CT molecular complexity index is 1710. The summed E-state index contributed by atoms with van der Waals surface area (Å²) in [6.45, 7) is 2.41. The van der Waals surface area contributed by atoms with Gasteiger partial charge in [0.2, 0.25) is 10.0 Å².